The summed E-state index contributed by atoms with van der Waals surface area (Å²) in [6, 6.07) is 7.29. The lowest BCUT2D eigenvalue weighted by Crippen LogP contribution is -2.35. The van der Waals surface area contributed by atoms with Crippen LogP contribution >= 0.6 is 0 Å². The van der Waals surface area contributed by atoms with Gasteiger partial charge in [0, 0.05) is 11.3 Å². The second-order valence-electron chi connectivity index (χ2n) is 4.47. The second-order valence-corrected chi connectivity index (χ2v) is 4.47. The minimum atomic E-state index is -0.0723. The van der Waals surface area contributed by atoms with E-state index < -0.39 is 0 Å². The van der Waals surface area contributed by atoms with Gasteiger partial charge in [-0.2, -0.15) is 4.98 Å². The van der Waals surface area contributed by atoms with Crippen molar-refractivity contribution in [1.82, 2.24) is 15.5 Å². The Hall–Kier alpha value is -2.21. The largest absolute Gasteiger partial charge is 0.342 e. The normalized spacial score (nSPS) is 18.4. The molecule has 1 atom stereocenters. The summed E-state index contributed by atoms with van der Waals surface area (Å²) in [6.07, 6.45) is 3.23. The maximum atomic E-state index is 11.9. The summed E-state index contributed by atoms with van der Waals surface area (Å²) in [5, 5.41) is 9.81. The van der Waals surface area contributed by atoms with E-state index in [1.165, 1.54) is 6.39 Å². The predicted octanol–water partition coefficient (Wildman–Crippen LogP) is 1.43. The van der Waals surface area contributed by atoms with Gasteiger partial charge in [-0.1, -0.05) is 5.16 Å². The first-order valence-electron chi connectivity index (χ1n) is 6.24. The van der Waals surface area contributed by atoms with Crippen LogP contribution in [0.25, 0.3) is 11.4 Å². The molecular weight excluding hydrogens is 244 g/mol. The summed E-state index contributed by atoms with van der Waals surface area (Å²) in [7, 11) is 0. The van der Waals surface area contributed by atoms with Crippen LogP contribution in [0.4, 0.5) is 5.69 Å². The fraction of sp³-hybridized carbons (Fsp3) is 0.308. The van der Waals surface area contributed by atoms with Gasteiger partial charge in [0.15, 0.2) is 0 Å². The summed E-state index contributed by atoms with van der Waals surface area (Å²) in [4.78, 5) is 15.9. The van der Waals surface area contributed by atoms with E-state index in [1.807, 2.05) is 24.3 Å². The number of hydrogen-bond donors (Lipinski definition) is 2. The average molecular weight is 258 g/mol. The van der Waals surface area contributed by atoms with Crippen LogP contribution in [0.5, 0.6) is 0 Å². The third-order valence-corrected chi connectivity index (χ3v) is 3.15. The summed E-state index contributed by atoms with van der Waals surface area (Å²) in [5.41, 5.74) is 1.62. The molecule has 1 aliphatic rings. The van der Waals surface area contributed by atoms with Gasteiger partial charge in [0.05, 0.1) is 6.04 Å². The highest BCUT2D eigenvalue weighted by molar-refractivity contribution is 5.95. The van der Waals surface area contributed by atoms with Crippen molar-refractivity contribution < 1.29 is 9.32 Å². The number of benzene rings is 1. The molecular formula is C13H14N4O2. The zero-order chi connectivity index (χ0) is 13.1. The van der Waals surface area contributed by atoms with E-state index in [2.05, 4.69) is 20.8 Å². The van der Waals surface area contributed by atoms with E-state index in [-0.39, 0.29) is 11.9 Å². The highest BCUT2D eigenvalue weighted by atomic mass is 16.5. The first kappa shape index (κ1) is 11.9. The van der Waals surface area contributed by atoms with Crippen LogP contribution in [-0.2, 0) is 4.79 Å². The number of anilines is 1. The number of carbonyl (C=O) groups excluding carboxylic acids is 1. The molecule has 1 aromatic carbocycles. The molecule has 2 N–H and O–H groups in total. The lowest BCUT2D eigenvalue weighted by atomic mass is 10.2. The number of hydrogen-bond acceptors (Lipinski definition) is 5. The molecule has 2 heterocycles. The quantitative estimate of drug-likeness (QED) is 0.870. The number of rotatable bonds is 3. The minimum Gasteiger partial charge on any atom is -0.342 e. The van der Waals surface area contributed by atoms with Crippen LogP contribution in [0.3, 0.4) is 0 Å². The lowest BCUT2D eigenvalue weighted by molar-refractivity contribution is -0.117. The molecule has 6 nitrogen and oxygen atoms in total. The maximum Gasteiger partial charge on any atom is 0.241 e. The van der Waals surface area contributed by atoms with Gasteiger partial charge >= 0.3 is 0 Å². The van der Waals surface area contributed by atoms with Crippen molar-refractivity contribution in [2.45, 2.75) is 18.9 Å². The van der Waals surface area contributed by atoms with Crippen LogP contribution in [0.2, 0.25) is 0 Å². The van der Waals surface area contributed by atoms with Crippen LogP contribution in [0, 0.1) is 0 Å². The Morgan fingerprint density at radius 1 is 1.37 bits per heavy atom. The Kier molecular flexibility index (Phi) is 3.24. The second kappa shape index (κ2) is 5.19. The Morgan fingerprint density at radius 3 is 2.84 bits per heavy atom. The number of amides is 1. The molecule has 0 spiro atoms. The average Bonchev–Trinajstić information content (AvgIpc) is 3.13. The zero-order valence-electron chi connectivity index (χ0n) is 10.3. The standard InChI is InChI=1S/C13H14N4O2/c18-13(11-2-1-7-14-11)16-10-5-3-9(4-6-10)12-15-8-19-17-12/h3-6,8,11,14H,1-2,7H2,(H,16,18). The first-order valence-corrected chi connectivity index (χ1v) is 6.24. The lowest BCUT2D eigenvalue weighted by Gasteiger charge is -2.11. The molecule has 1 aromatic heterocycles. The highest BCUT2D eigenvalue weighted by Crippen LogP contribution is 2.18. The van der Waals surface area contributed by atoms with Gasteiger partial charge in [-0.3, -0.25) is 4.79 Å². The molecule has 1 amide bonds. The van der Waals surface area contributed by atoms with E-state index in [0.717, 1.165) is 30.6 Å². The molecule has 0 radical (unpaired) electrons. The molecule has 0 saturated carbocycles. The Morgan fingerprint density at radius 2 is 2.21 bits per heavy atom. The molecule has 1 unspecified atom stereocenters. The molecule has 1 fully saturated rings. The minimum absolute atomic E-state index is 0.0183. The van der Waals surface area contributed by atoms with Crippen LogP contribution in [-0.4, -0.2) is 28.6 Å². The third-order valence-electron chi connectivity index (χ3n) is 3.15. The Labute approximate surface area is 110 Å². The fourth-order valence-electron chi connectivity index (χ4n) is 2.14. The topological polar surface area (TPSA) is 80.1 Å². The van der Waals surface area contributed by atoms with Crippen molar-refractivity contribution in [1.29, 1.82) is 0 Å². The summed E-state index contributed by atoms with van der Waals surface area (Å²) in [6.45, 7) is 0.912. The van der Waals surface area contributed by atoms with Gasteiger partial charge in [0.25, 0.3) is 0 Å². The molecule has 98 valence electrons. The molecule has 6 heteroatoms. The van der Waals surface area contributed by atoms with Crippen LogP contribution in [0.15, 0.2) is 35.2 Å². The molecule has 0 bridgehead atoms. The number of carbonyl (C=O) groups is 1. The molecule has 1 aliphatic heterocycles. The predicted molar refractivity (Wildman–Crippen MR) is 69.4 cm³/mol. The van der Waals surface area contributed by atoms with Crippen molar-refractivity contribution in [3.05, 3.63) is 30.7 Å². The smallest absolute Gasteiger partial charge is 0.241 e. The molecule has 2 aromatic rings. The zero-order valence-corrected chi connectivity index (χ0v) is 10.3. The van der Waals surface area contributed by atoms with Gasteiger partial charge in [0.1, 0.15) is 0 Å². The molecule has 1 saturated heterocycles. The van der Waals surface area contributed by atoms with Gasteiger partial charge in [0.2, 0.25) is 18.1 Å². The van der Waals surface area contributed by atoms with Crippen LogP contribution < -0.4 is 10.6 Å². The van der Waals surface area contributed by atoms with Crippen molar-refractivity contribution in [3.63, 3.8) is 0 Å². The summed E-state index contributed by atoms with van der Waals surface area (Å²) >= 11 is 0. The van der Waals surface area contributed by atoms with Crippen molar-refractivity contribution in [2.75, 3.05) is 11.9 Å². The van der Waals surface area contributed by atoms with E-state index in [9.17, 15) is 4.79 Å². The Bertz CT molecular complexity index is 545. The van der Waals surface area contributed by atoms with Crippen molar-refractivity contribution >= 4 is 11.6 Å². The molecule has 0 aliphatic carbocycles. The third kappa shape index (κ3) is 2.63. The SMILES string of the molecule is O=C(Nc1ccc(-c2ncon2)cc1)C1CCCN1. The van der Waals surface area contributed by atoms with E-state index in [0.29, 0.717) is 5.82 Å². The van der Waals surface area contributed by atoms with Gasteiger partial charge in [-0.15, -0.1) is 0 Å². The monoisotopic (exact) mass is 258 g/mol. The van der Waals surface area contributed by atoms with E-state index in [1.54, 1.807) is 0 Å². The summed E-state index contributed by atoms with van der Waals surface area (Å²) < 4.78 is 4.69. The number of nitrogens with zero attached hydrogens (tertiary/aromatic N) is 2. The van der Waals surface area contributed by atoms with Crippen molar-refractivity contribution in [2.24, 2.45) is 0 Å². The summed E-state index contributed by atoms with van der Waals surface area (Å²) in [5.74, 6) is 0.556. The van der Waals surface area contributed by atoms with Gasteiger partial charge in [-0.05, 0) is 43.7 Å². The van der Waals surface area contributed by atoms with Crippen molar-refractivity contribution in [3.8, 4) is 11.4 Å². The maximum absolute atomic E-state index is 11.9. The highest BCUT2D eigenvalue weighted by Gasteiger charge is 2.21. The van der Waals surface area contributed by atoms with E-state index >= 15 is 0 Å². The first-order chi connectivity index (χ1) is 9.33. The molecule has 3 rings (SSSR count). The van der Waals surface area contributed by atoms with Crippen LogP contribution in [0.1, 0.15) is 12.8 Å². The van der Waals surface area contributed by atoms with Gasteiger partial charge < -0.3 is 15.2 Å². The van der Waals surface area contributed by atoms with E-state index in [4.69, 9.17) is 4.52 Å². The molecule has 19 heavy (non-hydrogen) atoms. The number of aromatic nitrogens is 2. The Balaban J connectivity index is 1.67. The fourth-order valence-corrected chi connectivity index (χ4v) is 2.14. The van der Waals surface area contributed by atoms with Gasteiger partial charge in [-0.25, -0.2) is 0 Å². The number of nitrogens with one attached hydrogen (secondary N) is 2.